The predicted octanol–water partition coefficient (Wildman–Crippen LogP) is 2.50. The summed E-state index contributed by atoms with van der Waals surface area (Å²) < 4.78 is 87.2. The summed E-state index contributed by atoms with van der Waals surface area (Å²) in [6, 6.07) is 5.45. The van der Waals surface area contributed by atoms with Crippen molar-refractivity contribution in [2.24, 2.45) is 0 Å². The number of nitrogens with one attached hydrogen (secondary N) is 1. The molecule has 1 aromatic heterocycles. The van der Waals surface area contributed by atoms with Crippen molar-refractivity contribution in [2.45, 2.75) is 23.4 Å². The molecule has 6 nitrogen and oxygen atoms in total. The Kier molecular flexibility index (Phi) is 5.68. The van der Waals surface area contributed by atoms with Crippen molar-refractivity contribution in [1.82, 2.24) is 4.57 Å². The smallest absolute Gasteiger partial charge is 0.323 e. The van der Waals surface area contributed by atoms with Crippen molar-refractivity contribution in [3.63, 3.8) is 0 Å². The first kappa shape index (κ1) is 20.6. The third-order valence-electron chi connectivity index (χ3n) is 3.33. The molecule has 1 N–H and O–H groups in total. The quantitative estimate of drug-likeness (QED) is 0.768. The van der Waals surface area contributed by atoms with E-state index in [1.165, 1.54) is 6.07 Å². The Hall–Kier alpha value is -2.76. The Morgan fingerprint density at radius 2 is 1.74 bits per heavy atom. The summed E-state index contributed by atoms with van der Waals surface area (Å²) in [6.07, 6.45) is -4.33. The average molecular weight is 410 g/mol. The average Bonchev–Trinajstić information content (AvgIpc) is 2.56. The molecule has 0 saturated heterocycles. The minimum atomic E-state index is -5.03. The molecule has 0 aliphatic carbocycles. The van der Waals surface area contributed by atoms with Gasteiger partial charge in [0, 0.05) is 12.3 Å². The number of benzene rings is 1. The van der Waals surface area contributed by atoms with E-state index in [9.17, 15) is 40.0 Å². The van der Waals surface area contributed by atoms with Gasteiger partial charge in [0.1, 0.15) is 6.54 Å². The number of hydrogen-bond acceptors (Lipinski definition) is 4. The van der Waals surface area contributed by atoms with Gasteiger partial charge in [-0.25, -0.2) is 8.42 Å². The van der Waals surface area contributed by atoms with Crippen molar-refractivity contribution in [3.05, 3.63) is 58.5 Å². The molecule has 1 heterocycles. The number of carbonyl (C=O) groups excluding carboxylic acids is 1. The zero-order valence-electron chi connectivity index (χ0n) is 13.2. The van der Waals surface area contributed by atoms with Crippen LogP contribution in [-0.4, -0.2) is 24.6 Å². The standard InChI is InChI=1S/C15H11F5N2O4S/c16-14(17)27(25,26)11-4-2-1-3-10(11)21-12(23)8-22-7-9(15(18,19)20)5-6-13(22)24/h1-7,14H,8H2,(H,21,23). The van der Waals surface area contributed by atoms with Crippen LogP contribution in [0.5, 0.6) is 0 Å². The number of rotatable bonds is 5. The summed E-state index contributed by atoms with van der Waals surface area (Å²) in [6.45, 7) is -0.883. The van der Waals surface area contributed by atoms with Gasteiger partial charge in [-0.2, -0.15) is 22.0 Å². The molecule has 12 heteroatoms. The van der Waals surface area contributed by atoms with Gasteiger partial charge in [0.2, 0.25) is 15.7 Å². The van der Waals surface area contributed by atoms with Gasteiger partial charge in [-0.1, -0.05) is 12.1 Å². The van der Waals surface area contributed by atoms with Gasteiger partial charge in [-0.3, -0.25) is 9.59 Å². The molecule has 0 aliphatic rings. The third kappa shape index (κ3) is 4.70. The van der Waals surface area contributed by atoms with Crippen LogP contribution in [0, 0.1) is 0 Å². The molecule has 2 rings (SSSR count). The lowest BCUT2D eigenvalue weighted by atomic mass is 10.2. The van der Waals surface area contributed by atoms with Crippen molar-refractivity contribution >= 4 is 21.4 Å². The van der Waals surface area contributed by atoms with Gasteiger partial charge in [-0.05, 0) is 18.2 Å². The van der Waals surface area contributed by atoms with Gasteiger partial charge < -0.3 is 9.88 Å². The van der Waals surface area contributed by atoms with Gasteiger partial charge in [0.25, 0.3) is 5.56 Å². The van der Waals surface area contributed by atoms with Crippen molar-refractivity contribution in [2.75, 3.05) is 5.32 Å². The van der Waals surface area contributed by atoms with Gasteiger partial charge in [-0.15, -0.1) is 0 Å². The number of nitrogens with zero attached hydrogens (tertiary/aromatic N) is 1. The van der Waals surface area contributed by atoms with Crippen LogP contribution < -0.4 is 10.9 Å². The molecule has 0 atom stereocenters. The molecule has 0 fully saturated rings. The summed E-state index contributed by atoms with van der Waals surface area (Å²) in [5.41, 5.74) is -2.56. The second-order valence-corrected chi connectivity index (χ2v) is 7.12. The van der Waals surface area contributed by atoms with E-state index in [0.717, 1.165) is 18.2 Å². The minimum Gasteiger partial charge on any atom is -0.323 e. The van der Waals surface area contributed by atoms with E-state index in [1.54, 1.807) is 0 Å². The number of alkyl halides is 5. The van der Waals surface area contributed by atoms with E-state index in [0.29, 0.717) is 22.9 Å². The maximum absolute atomic E-state index is 12.7. The van der Waals surface area contributed by atoms with E-state index in [-0.39, 0.29) is 0 Å². The molecule has 0 aliphatic heterocycles. The first-order chi connectivity index (χ1) is 12.4. The lowest BCUT2D eigenvalue weighted by Gasteiger charge is -2.13. The number of carbonyl (C=O) groups is 1. The number of pyridine rings is 1. The Labute approximate surface area is 149 Å². The maximum Gasteiger partial charge on any atom is 0.417 e. The summed E-state index contributed by atoms with van der Waals surface area (Å²) in [5, 5.41) is 2.01. The fraction of sp³-hybridized carbons (Fsp3) is 0.200. The molecular formula is C15H11F5N2O4S. The molecule has 0 spiro atoms. The van der Waals surface area contributed by atoms with E-state index < -0.39 is 55.9 Å². The topological polar surface area (TPSA) is 85.2 Å². The van der Waals surface area contributed by atoms with Crippen LogP contribution in [-0.2, 0) is 27.4 Å². The lowest BCUT2D eigenvalue weighted by molar-refractivity contribution is -0.138. The maximum atomic E-state index is 12.7. The molecule has 0 unspecified atom stereocenters. The first-order valence-corrected chi connectivity index (χ1v) is 8.66. The predicted molar refractivity (Wildman–Crippen MR) is 84.0 cm³/mol. The van der Waals surface area contributed by atoms with E-state index >= 15 is 0 Å². The number of halogens is 5. The molecule has 0 saturated carbocycles. The summed E-state index contributed by atoms with van der Waals surface area (Å²) >= 11 is 0. The molecule has 1 amide bonds. The number of hydrogen-bond donors (Lipinski definition) is 1. The highest BCUT2D eigenvalue weighted by molar-refractivity contribution is 7.91. The van der Waals surface area contributed by atoms with E-state index in [4.69, 9.17) is 0 Å². The van der Waals surface area contributed by atoms with Crippen LogP contribution in [0.4, 0.5) is 27.6 Å². The van der Waals surface area contributed by atoms with E-state index in [2.05, 4.69) is 0 Å². The monoisotopic (exact) mass is 410 g/mol. The van der Waals surface area contributed by atoms with Crippen molar-refractivity contribution in [3.8, 4) is 0 Å². The second-order valence-electron chi connectivity index (χ2n) is 5.23. The summed E-state index contributed by atoms with van der Waals surface area (Å²) in [7, 11) is -5.03. The highest BCUT2D eigenvalue weighted by Crippen LogP contribution is 2.28. The molecule has 0 radical (unpaired) electrons. The molecular weight excluding hydrogens is 399 g/mol. The largest absolute Gasteiger partial charge is 0.417 e. The van der Waals surface area contributed by atoms with Gasteiger partial charge >= 0.3 is 11.9 Å². The van der Waals surface area contributed by atoms with Gasteiger partial charge in [0.05, 0.1) is 16.1 Å². The highest BCUT2D eigenvalue weighted by atomic mass is 32.2. The Bertz CT molecular complexity index is 1020. The Morgan fingerprint density at radius 1 is 1.11 bits per heavy atom. The molecule has 0 bridgehead atoms. The SMILES string of the molecule is O=C(Cn1cc(C(F)(F)F)ccc1=O)Nc1ccccc1S(=O)(=O)C(F)F. The van der Waals surface area contributed by atoms with Crippen LogP contribution in [0.15, 0.2) is 52.3 Å². The van der Waals surface area contributed by atoms with Crippen LogP contribution in [0.1, 0.15) is 5.56 Å². The van der Waals surface area contributed by atoms with E-state index in [1.807, 2.05) is 5.32 Å². The number of para-hydroxylation sites is 1. The Balaban J connectivity index is 2.30. The number of amides is 1. The normalized spacial score (nSPS) is 12.2. The van der Waals surface area contributed by atoms with Crippen molar-refractivity contribution < 1.29 is 35.2 Å². The van der Waals surface area contributed by atoms with Gasteiger partial charge in [0.15, 0.2) is 0 Å². The lowest BCUT2D eigenvalue weighted by Crippen LogP contribution is -2.28. The number of sulfone groups is 1. The molecule has 2 aromatic rings. The van der Waals surface area contributed by atoms with Crippen molar-refractivity contribution in [1.29, 1.82) is 0 Å². The second kappa shape index (κ2) is 7.47. The molecule has 1 aromatic carbocycles. The van der Waals surface area contributed by atoms with Crippen LogP contribution >= 0.6 is 0 Å². The summed E-state index contributed by atoms with van der Waals surface area (Å²) in [5.74, 6) is -4.81. The zero-order valence-corrected chi connectivity index (χ0v) is 14.0. The fourth-order valence-corrected chi connectivity index (χ4v) is 2.97. The summed E-state index contributed by atoms with van der Waals surface area (Å²) in [4.78, 5) is 22.8. The zero-order chi connectivity index (χ0) is 20.4. The minimum absolute atomic E-state index is 0.420. The fourth-order valence-electron chi connectivity index (χ4n) is 2.08. The third-order valence-corrected chi connectivity index (χ3v) is 4.77. The Morgan fingerprint density at radius 3 is 2.33 bits per heavy atom. The van der Waals surface area contributed by atoms with Crippen LogP contribution in [0.25, 0.3) is 0 Å². The molecule has 146 valence electrons. The first-order valence-electron chi connectivity index (χ1n) is 7.11. The highest BCUT2D eigenvalue weighted by Gasteiger charge is 2.31. The van der Waals surface area contributed by atoms with Crippen LogP contribution in [0.2, 0.25) is 0 Å². The molecule has 27 heavy (non-hydrogen) atoms. The number of aromatic nitrogens is 1. The number of anilines is 1. The van der Waals surface area contributed by atoms with Crippen LogP contribution in [0.3, 0.4) is 0 Å².